The Balaban J connectivity index is 2.06. The smallest absolute Gasteiger partial charge is 0.0948 e. The minimum atomic E-state index is 0.0464. The third-order valence-electron chi connectivity index (χ3n) is 3.18. The Morgan fingerprint density at radius 1 is 1.73 bits per heavy atom. The SMILES string of the molecule is CC(N)c1cncn1CC1CCOC1C. The summed E-state index contributed by atoms with van der Waals surface area (Å²) in [5.41, 5.74) is 6.98. The second kappa shape index (κ2) is 4.33. The number of ether oxygens (including phenoxy) is 1. The van der Waals surface area contributed by atoms with E-state index in [2.05, 4.69) is 16.5 Å². The number of rotatable bonds is 3. The van der Waals surface area contributed by atoms with Crippen molar-refractivity contribution in [2.75, 3.05) is 6.61 Å². The highest BCUT2D eigenvalue weighted by Crippen LogP contribution is 2.23. The van der Waals surface area contributed by atoms with Crippen LogP contribution in [-0.2, 0) is 11.3 Å². The van der Waals surface area contributed by atoms with E-state index in [0.29, 0.717) is 12.0 Å². The van der Waals surface area contributed by atoms with Gasteiger partial charge in [-0.3, -0.25) is 0 Å². The zero-order valence-corrected chi connectivity index (χ0v) is 9.39. The van der Waals surface area contributed by atoms with Gasteiger partial charge in [0.25, 0.3) is 0 Å². The van der Waals surface area contributed by atoms with Crippen molar-refractivity contribution in [2.45, 2.75) is 39.0 Å². The Labute approximate surface area is 90.4 Å². The molecule has 2 N–H and O–H groups in total. The molecule has 1 aliphatic heterocycles. The maximum absolute atomic E-state index is 5.88. The van der Waals surface area contributed by atoms with Crippen molar-refractivity contribution in [3.05, 3.63) is 18.2 Å². The first-order valence-corrected chi connectivity index (χ1v) is 5.55. The van der Waals surface area contributed by atoms with E-state index in [-0.39, 0.29) is 6.04 Å². The molecule has 4 nitrogen and oxygen atoms in total. The lowest BCUT2D eigenvalue weighted by molar-refractivity contribution is 0.101. The third-order valence-corrected chi connectivity index (χ3v) is 3.18. The third kappa shape index (κ3) is 2.21. The molecule has 0 amide bonds. The number of nitrogens with zero attached hydrogens (tertiary/aromatic N) is 2. The molecule has 4 heteroatoms. The van der Waals surface area contributed by atoms with E-state index in [0.717, 1.165) is 25.3 Å². The molecule has 0 saturated carbocycles. The van der Waals surface area contributed by atoms with Gasteiger partial charge in [0.1, 0.15) is 0 Å². The van der Waals surface area contributed by atoms with Gasteiger partial charge in [0.05, 0.1) is 18.1 Å². The van der Waals surface area contributed by atoms with Gasteiger partial charge in [-0.15, -0.1) is 0 Å². The van der Waals surface area contributed by atoms with E-state index < -0.39 is 0 Å². The van der Waals surface area contributed by atoms with Crippen LogP contribution in [0.1, 0.15) is 32.0 Å². The summed E-state index contributed by atoms with van der Waals surface area (Å²) in [7, 11) is 0. The van der Waals surface area contributed by atoms with Crippen LogP contribution in [0.3, 0.4) is 0 Å². The molecule has 2 heterocycles. The van der Waals surface area contributed by atoms with E-state index in [1.807, 2.05) is 19.4 Å². The quantitative estimate of drug-likeness (QED) is 0.817. The Bertz CT molecular complexity index is 321. The second-order valence-corrected chi connectivity index (χ2v) is 4.38. The summed E-state index contributed by atoms with van der Waals surface area (Å²) < 4.78 is 7.70. The van der Waals surface area contributed by atoms with Crippen LogP contribution in [0.5, 0.6) is 0 Å². The highest BCUT2D eigenvalue weighted by atomic mass is 16.5. The Kier molecular flexibility index (Phi) is 3.07. The van der Waals surface area contributed by atoms with Gasteiger partial charge in [-0.1, -0.05) is 0 Å². The molecule has 1 fully saturated rings. The van der Waals surface area contributed by atoms with Crippen LogP contribution in [0, 0.1) is 5.92 Å². The van der Waals surface area contributed by atoms with E-state index in [1.165, 1.54) is 0 Å². The first-order valence-electron chi connectivity index (χ1n) is 5.55. The van der Waals surface area contributed by atoms with Crippen molar-refractivity contribution in [1.29, 1.82) is 0 Å². The lowest BCUT2D eigenvalue weighted by Gasteiger charge is -2.17. The second-order valence-electron chi connectivity index (χ2n) is 4.38. The molecule has 0 aromatic carbocycles. The fourth-order valence-corrected chi connectivity index (χ4v) is 2.13. The summed E-state index contributed by atoms with van der Waals surface area (Å²) in [5.74, 6) is 0.594. The summed E-state index contributed by atoms with van der Waals surface area (Å²) >= 11 is 0. The molecular weight excluding hydrogens is 190 g/mol. The van der Waals surface area contributed by atoms with Gasteiger partial charge in [0.15, 0.2) is 0 Å². The predicted octanol–water partition coefficient (Wildman–Crippen LogP) is 1.33. The minimum absolute atomic E-state index is 0.0464. The van der Waals surface area contributed by atoms with Gasteiger partial charge < -0.3 is 15.0 Å². The highest BCUT2D eigenvalue weighted by molar-refractivity contribution is 5.03. The Hall–Kier alpha value is -0.870. The average Bonchev–Trinajstić information content (AvgIpc) is 2.77. The normalized spacial score (nSPS) is 28.2. The maximum Gasteiger partial charge on any atom is 0.0948 e. The Morgan fingerprint density at radius 2 is 2.53 bits per heavy atom. The van der Waals surface area contributed by atoms with Crippen LogP contribution in [0.25, 0.3) is 0 Å². The number of aromatic nitrogens is 2. The lowest BCUT2D eigenvalue weighted by Crippen LogP contribution is -2.20. The van der Waals surface area contributed by atoms with Crippen LogP contribution >= 0.6 is 0 Å². The summed E-state index contributed by atoms with van der Waals surface area (Å²) in [6.07, 6.45) is 5.21. The number of hydrogen-bond donors (Lipinski definition) is 1. The molecule has 0 radical (unpaired) electrons. The van der Waals surface area contributed by atoms with Crippen molar-refractivity contribution < 1.29 is 4.74 Å². The summed E-state index contributed by atoms with van der Waals surface area (Å²) in [6.45, 7) is 5.98. The fraction of sp³-hybridized carbons (Fsp3) is 0.727. The van der Waals surface area contributed by atoms with Crippen molar-refractivity contribution >= 4 is 0 Å². The zero-order valence-electron chi connectivity index (χ0n) is 9.39. The van der Waals surface area contributed by atoms with E-state index >= 15 is 0 Å². The van der Waals surface area contributed by atoms with Gasteiger partial charge in [-0.05, 0) is 20.3 Å². The summed E-state index contributed by atoms with van der Waals surface area (Å²) in [5, 5.41) is 0. The topological polar surface area (TPSA) is 53.1 Å². The largest absolute Gasteiger partial charge is 0.378 e. The van der Waals surface area contributed by atoms with Crippen LogP contribution in [0.4, 0.5) is 0 Å². The van der Waals surface area contributed by atoms with Crippen LogP contribution in [0.2, 0.25) is 0 Å². The first kappa shape index (κ1) is 10.6. The molecule has 0 aliphatic carbocycles. The molecule has 2 rings (SSSR count). The van der Waals surface area contributed by atoms with Crippen LogP contribution in [-0.4, -0.2) is 22.3 Å². The Morgan fingerprint density at radius 3 is 3.13 bits per heavy atom. The molecule has 15 heavy (non-hydrogen) atoms. The molecule has 0 bridgehead atoms. The van der Waals surface area contributed by atoms with Crippen LogP contribution in [0.15, 0.2) is 12.5 Å². The minimum Gasteiger partial charge on any atom is -0.378 e. The van der Waals surface area contributed by atoms with Crippen molar-refractivity contribution in [2.24, 2.45) is 11.7 Å². The molecule has 1 aromatic heterocycles. The fourth-order valence-electron chi connectivity index (χ4n) is 2.13. The molecular formula is C11H19N3O. The molecule has 1 aromatic rings. The summed E-state index contributed by atoms with van der Waals surface area (Å²) in [6, 6.07) is 0.0464. The van der Waals surface area contributed by atoms with Gasteiger partial charge >= 0.3 is 0 Å². The monoisotopic (exact) mass is 209 g/mol. The molecule has 0 spiro atoms. The molecule has 1 aliphatic rings. The maximum atomic E-state index is 5.88. The first-order chi connectivity index (χ1) is 7.18. The lowest BCUT2D eigenvalue weighted by atomic mass is 10.0. The van der Waals surface area contributed by atoms with Gasteiger partial charge in [0, 0.05) is 31.3 Å². The summed E-state index contributed by atoms with van der Waals surface area (Å²) in [4.78, 5) is 4.15. The molecule has 3 atom stereocenters. The van der Waals surface area contributed by atoms with Gasteiger partial charge in [-0.2, -0.15) is 0 Å². The molecule has 84 valence electrons. The van der Waals surface area contributed by atoms with E-state index in [1.54, 1.807) is 0 Å². The zero-order chi connectivity index (χ0) is 10.8. The highest BCUT2D eigenvalue weighted by Gasteiger charge is 2.25. The van der Waals surface area contributed by atoms with Crippen molar-refractivity contribution in [3.8, 4) is 0 Å². The standard InChI is InChI=1S/C11H19N3O/c1-8(12)11-5-13-7-14(11)6-10-3-4-15-9(10)2/h5,7-10H,3-4,6,12H2,1-2H3. The molecule has 1 saturated heterocycles. The number of imidazole rings is 1. The predicted molar refractivity (Wildman–Crippen MR) is 58.4 cm³/mol. The van der Waals surface area contributed by atoms with Crippen molar-refractivity contribution in [1.82, 2.24) is 9.55 Å². The van der Waals surface area contributed by atoms with E-state index in [4.69, 9.17) is 10.5 Å². The average molecular weight is 209 g/mol. The van der Waals surface area contributed by atoms with Crippen LogP contribution < -0.4 is 5.73 Å². The number of nitrogens with two attached hydrogens (primary N) is 1. The van der Waals surface area contributed by atoms with Gasteiger partial charge in [0.2, 0.25) is 0 Å². The van der Waals surface area contributed by atoms with Crippen molar-refractivity contribution in [3.63, 3.8) is 0 Å². The number of hydrogen-bond acceptors (Lipinski definition) is 3. The van der Waals surface area contributed by atoms with E-state index in [9.17, 15) is 0 Å². The van der Waals surface area contributed by atoms with Gasteiger partial charge in [-0.25, -0.2) is 4.98 Å². The molecule has 3 unspecified atom stereocenters.